The lowest BCUT2D eigenvalue weighted by Crippen LogP contribution is -2.17. The zero-order chi connectivity index (χ0) is 19.2. The molecule has 1 fully saturated rings. The van der Waals surface area contributed by atoms with Gasteiger partial charge in [0.15, 0.2) is 0 Å². The molecular weight excluding hydrogens is 377 g/mol. The summed E-state index contributed by atoms with van der Waals surface area (Å²) >= 11 is 5.23. The van der Waals surface area contributed by atoms with Crippen LogP contribution in [0.1, 0.15) is 19.4 Å². The van der Waals surface area contributed by atoms with Gasteiger partial charge in [-0.1, -0.05) is 31.5 Å². The lowest BCUT2D eigenvalue weighted by molar-refractivity contribution is -0.274. The Morgan fingerprint density at radius 1 is 1.20 bits per heavy atom. The highest BCUT2D eigenvalue weighted by Crippen LogP contribution is 2.61. The van der Waals surface area contributed by atoms with Gasteiger partial charge in [-0.2, -0.15) is 13.2 Å². The fourth-order valence-electron chi connectivity index (χ4n) is 2.90. The molecule has 0 aliphatic heterocycles. The van der Waals surface area contributed by atoms with Gasteiger partial charge < -0.3 is 4.74 Å². The highest BCUT2D eigenvalue weighted by atomic mass is 35.5. The first-order valence-corrected chi connectivity index (χ1v) is 7.58. The third-order valence-electron chi connectivity index (χ3n) is 4.43. The topological polar surface area (TPSA) is 9.23 Å². The van der Waals surface area contributed by atoms with Gasteiger partial charge >= 0.3 is 12.5 Å². The highest BCUT2D eigenvalue weighted by Gasteiger charge is 2.57. The summed E-state index contributed by atoms with van der Waals surface area (Å²) in [5.74, 6) is -2.28. The summed E-state index contributed by atoms with van der Waals surface area (Å²) in [6.45, 7) is 3.38. The Labute approximate surface area is 144 Å². The molecule has 1 aliphatic rings. The molecule has 0 spiro atoms. The minimum atomic E-state index is -4.92. The van der Waals surface area contributed by atoms with Crippen LogP contribution in [-0.4, -0.2) is 12.5 Å². The second-order valence-corrected chi connectivity index (χ2v) is 6.88. The second kappa shape index (κ2) is 6.37. The fraction of sp³-hybridized carbons (Fsp3) is 0.500. The third-order valence-corrected chi connectivity index (χ3v) is 4.77. The molecule has 1 aromatic rings. The summed E-state index contributed by atoms with van der Waals surface area (Å²) in [5, 5.41) is -1.26. The number of ether oxygens (including phenoxy) is 1. The van der Waals surface area contributed by atoms with Crippen LogP contribution in [0, 0.1) is 23.1 Å². The van der Waals surface area contributed by atoms with Crippen molar-refractivity contribution in [2.45, 2.75) is 32.8 Å². The highest BCUT2D eigenvalue weighted by molar-refractivity contribution is 6.30. The van der Waals surface area contributed by atoms with Crippen LogP contribution in [0.25, 0.3) is 0 Å². The molecule has 0 radical (unpaired) electrons. The van der Waals surface area contributed by atoms with Crippen molar-refractivity contribution < 1.29 is 35.5 Å². The summed E-state index contributed by atoms with van der Waals surface area (Å²) in [6, 6.07) is 2.57. The van der Waals surface area contributed by atoms with E-state index >= 15 is 0 Å². The molecule has 1 aliphatic carbocycles. The SMILES string of the molecule is CC1(C)C(C=C(Cl)C(F)(F)F)C1Cc1cc(OC(F)(F)F)ccc1F. The first-order valence-electron chi connectivity index (χ1n) is 7.20. The van der Waals surface area contributed by atoms with Gasteiger partial charge in [0.2, 0.25) is 0 Å². The van der Waals surface area contributed by atoms with Crippen LogP contribution in [-0.2, 0) is 6.42 Å². The van der Waals surface area contributed by atoms with Crippen LogP contribution in [0.15, 0.2) is 29.3 Å². The maximum atomic E-state index is 13.9. The molecule has 0 heterocycles. The molecule has 140 valence electrons. The van der Waals surface area contributed by atoms with Crippen LogP contribution < -0.4 is 4.74 Å². The Morgan fingerprint density at radius 3 is 2.32 bits per heavy atom. The fourth-order valence-corrected chi connectivity index (χ4v) is 3.04. The van der Waals surface area contributed by atoms with Gasteiger partial charge in [-0.3, -0.25) is 0 Å². The molecule has 9 heteroatoms. The lowest BCUT2D eigenvalue weighted by atomic mass is 10.0. The smallest absolute Gasteiger partial charge is 0.406 e. The largest absolute Gasteiger partial charge is 0.573 e. The van der Waals surface area contributed by atoms with Crippen molar-refractivity contribution in [1.82, 2.24) is 0 Å². The Bertz CT molecular complexity index is 676. The van der Waals surface area contributed by atoms with Gasteiger partial charge in [-0.25, -0.2) is 4.39 Å². The molecule has 0 N–H and O–H groups in total. The van der Waals surface area contributed by atoms with E-state index in [1.54, 1.807) is 13.8 Å². The molecule has 0 saturated heterocycles. The van der Waals surface area contributed by atoms with Gasteiger partial charge in [0.25, 0.3) is 0 Å². The number of alkyl halides is 6. The van der Waals surface area contributed by atoms with Crippen LogP contribution in [0.2, 0.25) is 0 Å². The molecule has 1 nitrogen and oxygen atoms in total. The Hall–Kier alpha value is -1.44. The van der Waals surface area contributed by atoms with Crippen molar-refractivity contribution in [3.05, 3.63) is 40.7 Å². The quantitative estimate of drug-likeness (QED) is 0.554. The standard InChI is InChI=1S/C16H14ClF7O/c1-14(2)10(11(14)7-13(17)15(19,20)21)6-8-5-9(3-4-12(8)18)25-16(22,23)24/h3-5,7,10-11H,6H2,1-2H3. The van der Waals surface area contributed by atoms with Crippen LogP contribution >= 0.6 is 11.6 Å². The molecule has 1 saturated carbocycles. The number of hydrogen-bond donors (Lipinski definition) is 0. The van der Waals surface area contributed by atoms with Crippen LogP contribution in [0.3, 0.4) is 0 Å². The zero-order valence-electron chi connectivity index (χ0n) is 13.1. The number of hydrogen-bond acceptors (Lipinski definition) is 1. The maximum Gasteiger partial charge on any atom is 0.573 e. The molecule has 0 aromatic heterocycles. The van der Waals surface area contributed by atoms with E-state index in [0.717, 1.165) is 24.3 Å². The number of benzene rings is 1. The molecule has 0 bridgehead atoms. The van der Waals surface area contributed by atoms with E-state index < -0.39 is 40.5 Å². The van der Waals surface area contributed by atoms with Gasteiger partial charge in [0, 0.05) is 0 Å². The monoisotopic (exact) mass is 390 g/mol. The van der Waals surface area contributed by atoms with Crippen molar-refractivity contribution >= 4 is 11.6 Å². The molecule has 25 heavy (non-hydrogen) atoms. The minimum absolute atomic E-state index is 0.0307. The van der Waals surface area contributed by atoms with Crippen LogP contribution in [0.5, 0.6) is 5.75 Å². The average Bonchev–Trinajstić information content (AvgIpc) is 2.91. The van der Waals surface area contributed by atoms with E-state index in [1.807, 2.05) is 0 Å². The Morgan fingerprint density at radius 2 is 1.80 bits per heavy atom. The first-order chi connectivity index (χ1) is 11.2. The number of halogens is 8. The number of rotatable bonds is 4. The minimum Gasteiger partial charge on any atom is -0.406 e. The third kappa shape index (κ3) is 4.80. The summed E-state index contributed by atoms with van der Waals surface area (Å²) < 4.78 is 91.9. The van der Waals surface area contributed by atoms with E-state index in [4.69, 9.17) is 11.6 Å². The first kappa shape index (κ1) is 19.9. The van der Waals surface area contributed by atoms with Gasteiger partial charge in [-0.15, -0.1) is 13.2 Å². The predicted octanol–water partition coefficient (Wildman–Crippen LogP) is 6.22. The van der Waals surface area contributed by atoms with E-state index in [-0.39, 0.29) is 17.9 Å². The average molecular weight is 391 g/mol. The van der Waals surface area contributed by atoms with Gasteiger partial charge in [0.05, 0.1) is 0 Å². The normalized spacial score (nSPS) is 23.5. The summed E-state index contributed by atoms with van der Waals surface area (Å²) in [6.07, 6.45) is -8.74. The molecule has 0 amide bonds. The Balaban J connectivity index is 2.18. The van der Waals surface area contributed by atoms with E-state index in [0.29, 0.717) is 0 Å². The van der Waals surface area contributed by atoms with Crippen molar-refractivity contribution in [3.63, 3.8) is 0 Å². The maximum absolute atomic E-state index is 13.9. The van der Waals surface area contributed by atoms with Crippen LogP contribution in [0.4, 0.5) is 30.7 Å². The predicted molar refractivity (Wildman–Crippen MR) is 77.5 cm³/mol. The lowest BCUT2D eigenvalue weighted by Gasteiger charge is -2.11. The molecule has 2 atom stereocenters. The van der Waals surface area contributed by atoms with Crippen molar-refractivity contribution in [1.29, 1.82) is 0 Å². The number of allylic oxidation sites excluding steroid dienone is 2. The molecule has 1 aromatic carbocycles. The summed E-state index contributed by atoms with van der Waals surface area (Å²) in [4.78, 5) is 0. The van der Waals surface area contributed by atoms with Gasteiger partial charge in [-0.05, 0) is 47.4 Å². The summed E-state index contributed by atoms with van der Waals surface area (Å²) in [7, 11) is 0. The molecular formula is C16H14ClF7O. The van der Waals surface area contributed by atoms with Gasteiger partial charge in [0.1, 0.15) is 16.6 Å². The van der Waals surface area contributed by atoms with E-state index in [2.05, 4.69) is 4.74 Å². The molecule has 2 unspecified atom stereocenters. The van der Waals surface area contributed by atoms with E-state index in [9.17, 15) is 30.7 Å². The Kier molecular flexibility index (Phi) is 5.07. The van der Waals surface area contributed by atoms with Crippen molar-refractivity contribution in [3.8, 4) is 5.75 Å². The van der Waals surface area contributed by atoms with E-state index in [1.165, 1.54) is 0 Å². The zero-order valence-corrected chi connectivity index (χ0v) is 13.9. The molecule has 2 rings (SSSR count). The van der Waals surface area contributed by atoms with Crippen molar-refractivity contribution in [2.75, 3.05) is 0 Å². The second-order valence-electron chi connectivity index (χ2n) is 6.47. The summed E-state index contributed by atoms with van der Waals surface area (Å²) in [5.41, 5.74) is -0.641. The van der Waals surface area contributed by atoms with Crippen molar-refractivity contribution in [2.24, 2.45) is 17.3 Å².